The molecule has 0 aliphatic rings. The van der Waals surface area contributed by atoms with Crippen molar-refractivity contribution in [2.45, 2.75) is 12.4 Å². The molecule has 0 aliphatic carbocycles. The number of rotatable bonds is 4. The van der Waals surface area contributed by atoms with Gasteiger partial charge in [-0.05, 0) is 72.8 Å². The summed E-state index contributed by atoms with van der Waals surface area (Å²) in [6.07, 6.45) is -8.77. The van der Waals surface area contributed by atoms with Gasteiger partial charge in [0.15, 0.2) is 14.3 Å². The summed E-state index contributed by atoms with van der Waals surface area (Å²) in [6.45, 7) is 0. The van der Waals surface area contributed by atoms with E-state index in [4.69, 9.17) is 0 Å². The average molecular weight is 872 g/mol. The Balaban J connectivity index is 0.000000355. The van der Waals surface area contributed by atoms with Crippen LogP contribution in [-0.2, 0) is 12.4 Å². The number of hydrogen-bond acceptors (Lipinski definition) is 0. The molecule has 0 nitrogen and oxygen atoms in total. The zero-order chi connectivity index (χ0) is 33.6. The van der Waals surface area contributed by atoms with E-state index in [0.717, 1.165) is 24.3 Å². The van der Waals surface area contributed by atoms with Crippen molar-refractivity contribution in [3.05, 3.63) is 135 Å². The summed E-state index contributed by atoms with van der Waals surface area (Å²) in [7, 11) is -12.0. The number of benzene rings is 4. The molecule has 0 bridgehead atoms. The molecule has 0 atom stereocenters. The molecule has 4 rings (SSSR count). The van der Waals surface area contributed by atoms with Gasteiger partial charge >= 0.3 is 69.3 Å². The first-order chi connectivity index (χ1) is 20.1. The summed E-state index contributed by atoms with van der Waals surface area (Å²) in [5, 5.41) is 0. The van der Waals surface area contributed by atoms with Crippen LogP contribution < -0.4 is 42.4 Å². The molecule has 0 spiro atoms. The Labute approximate surface area is 263 Å². The minimum absolute atomic E-state index is 0.0287. The third-order valence-electron chi connectivity index (χ3n) is 4.25. The number of alkyl halides is 6. The van der Waals surface area contributed by atoms with E-state index in [0.29, 0.717) is 7.14 Å². The Bertz CT molecular complexity index is 1220. The first-order valence-electron chi connectivity index (χ1n) is 11.6. The van der Waals surface area contributed by atoms with E-state index >= 15 is 0 Å². The van der Waals surface area contributed by atoms with Crippen molar-refractivity contribution in [1.82, 2.24) is 0 Å². The van der Waals surface area contributed by atoms with Crippen LogP contribution in [-0.4, -0.2) is 14.5 Å². The first-order valence-corrected chi connectivity index (χ1v) is 15.9. The fourth-order valence-electron chi connectivity index (χ4n) is 2.61. The van der Waals surface area contributed by atoms with Crippen molar-refractivity contribution in [2.75, 3.05) is 0 Å². The fourth-order valence-corrected chi connectivity index (χ4v) is 7.04. The van der Waals surface area contributed by atoms with Gasteiger partial charge in [-0.2, -0.15) is 26.3 Å². The molecule has 4 aromatic rings. The van der Waals surface area contributed by atoms with Crippen LogP contribution >= 0.6 is 0 Å². The van der Waals surface area contributed by atoms with Gasteiger partial charge < -0.3 is 34.5 Å². The lowest BCUT2D eigenvalue weighted by atomic mass is 10.2. The fraction of sp³-hybridized carbons (Fsp3) is 0.0769. The van der Waals surface area contributed by atoms with Crippen molar-refractivity contribution in [3.8, 4) is 0 Å². The molecule has 0 unspecified atom stereocenters. The van der Waals surface area contributed by atoms with Gasteiger partial charge in [-0.15, -0.1) is 0 Å². The summed E-state index contributed by atoms with van der Waals surface area (Å²) in [5.41, 5.74) is -1.47. The molecule has 0 aliphatic heterocycles. The van der Waals surface area contributed by atoms with Crippen LogP contribution in [0.3, 0.4) is 0 Å². The van der Waals surface area contributed by atoms with E-state index in [1.807, 2.05) is 0 Å². The van der Waals surface area contributed by atoms with Gasteiger partial charge in [0.25, 0.3) is 0 Å². The van der Waals surface area contributed by atoms with Gasteiger partial charge in [0.05, 0.1) is 11.1 Å². The molecule has 4 aromatic carbocycles. The van der Waals surface area contributed by atoms with E-state index in [2.05, 4.69) is 60.7 Å². The second-order valence-electron chi connectivity index (χ2n) is 7.78. The normalized spacial score (nSPS) is 11.6. The lowest BCUT2D eigenvalue weighted by Crippen LogP contribution is -3.61. The van der Waals surface area contributed by atoms with Gasteiger partial charge in [-0.25, -0.2) is 0 Å². The zero-order valence-corrected chi connectivity index (χ0v) is 25.9. The summed E-state index contributed by atoms with van der Waals surface area (Å²) in [4.78, 5) is 0. The molecule has 18 heteroatoms. The van der Waals surface area contributed by atoms with E-state index in [9.17, 15) is 60.9 Å². The van der Waals surface area contributed by atoms with Crippen LogP contribution in [0.15, 0.2) is 109 Å². The molecule has 44 heavy (non-hydrogen) atoms. The largest absolute Gasteiger partial charge is 0.673 e. The van der Waals surface area contributed by atoms with Crippen LogP contribution in [0.4, 0.5) is 60.9 Å². The summed E-state index contributed by atoms with van der Waals surface area (Å²) >= 11 is -0.776. The third kappa shape index (κ3) is 20.4. The highest BCUT2D eigenvalue weighted by molar-refractivity contribution is 6.50. The lowest BCUT2D eigenvalue weighted by Gasteiger charge is -2.05. The Morgan fingerprint density at radius 3 is 0.750 bits per heavy atom. The standard InChI is InChI=1S/C14H8F6I.C12H10I.2BF4/c15-13(16,17)9-1-5-11(6-2-9)21-12-7-3-10(4-8-12)14(18,19)20;1-3-7-11(8-4-1)13-12-9-5-2-6-10-12;2*2-1(3,4)5/h1-8H;1-10H;;/q2*+1;2*-1. The number of hydrogen-bond donors (Lipinski definition) is 0. The number of halogens is 16. The first kappa shape index (κ1) is 39.5. The van der Waals surface area contributed by atoms with Crippen molar-refractivity contribution in [1.29, 1.82) is 0 Å². The minimum Gasteiger partial charge on any atom is -0.418 e. The Hall–Kier alpha value is -2.51. The Morgan fingerprint density at radius 2 is 0.545 bits per heavy atom. The van der Waals surface area contributed by atoms with Crippen LogP contribution in [0.1, 0.15) is 11.1 Å². The molecule has 0 fully saturated rings. The second-order valence-corrected chi connectivity index (χ2v) is 13.8. The van der Waals surface area contributed by atoms with Crippen molar-refractivity contribution < 1.29 is 103 Å². The monoisotopic (exact) mass is 872 g/mol. The van der Waals surface area contributed by atoms with Crippen LogP contribution in [0.2, 0.25) is 0 Å². The molecule has 0 heterocycles. The maximum atomic E-state index is 12.4. The lowest BCUT2D eigenvalue weighted by molar-refractivity contribution is -0.597. The average Bonchev–Trinajstić information content (AvgIpc) is 2.88. The predicted octanol–water partition coefficient (Wildman–Crippen LogP) is 4.27. The maximum absolute atomic E-state index is 12.4. The van der Waals surface area contributed by atoms with Gasteiger partial charge in [0.1, 0.15) is 0 Å². The van der Waals surface area contributed by atoms with Crippen LogP contribution in [0, 0.1) is 14.3 Å². The van der Waals surface area contributed by atoms with Crippen molar-refractivity contribution >= 4 is 14.5 Å². The Kier molecular flexibility index (Phi) is 16.0. The maximum Gasteiger partial charge on any atom is 0.673 e. The SMILES string of the molecule is FC(F)(F)c1ccc([I+]c2ccc(C(F)(F)F)cc2)cc1.F[B-](F)(F)F.F[B-](F)(F)F.c1ccc([I+]c2ccccc2)cc1. The molecule has 0 amide bonds. The highest BCUT2D eigenvalue weighted by atomic mass is 127. The van der Waals surface area contributed by atoms with Gasteiger partial charge in [-0.3, -0.25) is 0 Å². The topological polar surface area (TPSA) is 0 Å². The van der Waals surface area contributed by atoms with E-state index in [-0.39, 0.29) is 21.2 Å². The highest BCUT2D eigenvalue weighted by Gasteiger charge is 2.32. The quantitative estimate of drug-likeness (QED) is 0.164. The van der Waals surface area contributed by atoms with E-state index in [1.165, 1.54) is 31.4 Å². The summed E-state index contributed by atoms with van der Waals surface area (Å²) in [5.74, 6) is 0. The second kappa shape index (κ2) is 17.8. The molecule has 0 aromatic heterocycles. The van der Waals surface area contributed by atoms with Crippen molar-refractivity contribution in [2.24, 2.45) is 0 Å². The van der Waals surface area contributed by atoms with Gasteiger partial charge in [0, 0.05) is 0 Å². The Morgan fingerprint density at radius 1 is 0.341 bits per heavy atom. The molecular weight excluding hydrogens is 854 g/mol. The molecule has 0 N–H and O–H groups in total. The van der Waals surface area contributed by atoms with Crippen LogP contribution in [0.25, 0.3) is 0 Å². The molecule has 0 radical (unpaired) electrons. The van der Waals surface area contributed by atoms with Crippen molar-refractivity contribution in [3.63, 3.8) is 0 Å². The molecule has 0 saturated carbocycles. The molecule has 0 saturated heterocycles. The zero-order valence-electron chi connectivity index (χ0n) is 21.6. The van der Waals surface area contributed by atoms with Crippen LogP contribution in [0.5, 0.6) is 0 Å². The summed E-state index contributed by atoms with van der Waals surface area (Å²) in [6, 6.07) is 30.8. The van der Waals surface area contributed by atoms with Gasteiger partial charge in [-0.1, -0.05) is 36.4 Å². The third-order valence-corrected chi connectivity index (χ3v) is 9.61. The molecule has 240 valence electrons. The highest BCUT2D eigenvalue weighted by Crippen LogP contribution is 2.29. The van der Waals surface area contributed by atoms with E-state index in [1.54, 1.807) is 0 Å². The van der Waals surface area contributed by atoms with E-state index < -0.39 is 59.2 Å². The smallest absolute Gasteiger partial charge is 0.418 e. The predicted molar refractivity (Wildman–Crippen MR) is 131 cm³/mol. The molecular formula is C26H18B2F14I2. The minimum atomic E-state index is -6.00. The summed E-state index contributed by atoms with van der Waals surface area (Å²) < 4.78 is 157. The van der Waals surface area contributed by atoms with Gasteiger partial charge in [0.2, 0.25) is 0 Å².